The number of imidazole rings is 1. The molecule has 0 fully saturated rings. The predicted octanol–water partition coefficient (Wildman–Crippen LogP) is 3.22. The van der Waals surface area contributed by atoms with Crippen LogP contribution in [0.2, 0.25) is 0 Å². The lowest BCUT2D eigenvalue weighted by atomic mass is 10.2. The second-order valence-corrected chi connectivity index (χ2v) is 10.5. The third-order valence-electron chi connectivity index (χ3n) is 5.64. The van der Waals surface area contributed by atoms with E-state index in [1.165, 1.54) is 23.3 Å². The minimum absolute atomic E-state index is 0.185. The Morgan fingerprint density at radius 1 is 1.00 bits per heavy atom. The van der Waals surface area contributed by atoms with Gasteiger partial charge in [0.25, 0.3) is 5.95 Å². The summed E-state index contributed by atoms with van der Waals surface area (Å²) in [5.74, 6) is -0.0542. The molecule has 0 saturated carbocycles. The number of rotatable bonds is 9. The maximum absolute atomic E-state index is 12.1. The van der Waals surface area contributed by atoms with Crippen molar-refractivity contribution in [3.8, 4) is 11.8 Å². The molecule has 2 aromatic carbocycles. The molecule has 3 heterocycles. The van der Waals surface area contributed by atoms with Gasteiger partial charge in [0.1, 0.15) is 6.61 Å². The van der Waals surface area contributed by atoms with Crippen LogP contribution in [0.25, 0.3) is 17.1 Å². The highest BCUT2D eigenvalue weighted by Gasteiger charge is 2.18. The van der Waals surface area contributed by atoms with Gasteiger partial charge in [-0.1, -0.05) is 42.5 Å². The molecule has 0 spiro atoms. The molecule has 0 radical (unpaired) electrons. The van der Waals surface area contributed by atoms with Gasteiger partial charge >= 0.3 is 5.97 Å². The van der Waals surface area contributed by atoms with Gasteiger partial charge < -0.3 is 14.0 Å². The van der Waals surface area contributed by atoms with Crippen LogP contribution in [0.3, 0.4) is 0 Å². The largest absolute Gasteiger partial charge is 0.471 e. The fraction of sp³-hybridized carbons (Fsp3) is 0.192. The molecule has 194 valence electrons. The van der Waals surface area contributed by atoms with E-state index in [2.05, 4.69) is 20.1 Å². The lowest BCUT2D eigenvalue weighted by Crippen LogP contribution is -2.08. The van der Waals surface area contributed by atoms with Gasteiger partial charge in [0.05, 0.1) is 36.1 Å². The molecule has 0 aliphatic heterocycles. The lowest BCUT2D eigenvalue weighted by molar-refractivity contribution is 0.0526. The van der Waals surface area contributed by atoms with E-state index in [1.54, 1.807) is 42.1 Å². The Hall–Kier alpha value is -4.58. The molecular formula is C26H24N6O5S. The van der Waals surface area contributed by atoms with Crippen LogP contribution in [-0.4, -0.2) is 56.5 Å². The Balaban J connectivity index is 1.52. The summed E-state index contributed by atoms with van der Waals surface area (Å²) in [7, 11) is -3.29. The van der Waals surface area contributed by atoms with Crippen LogP contribution in [0.5, 0.6) is 5.88 Å². The van der Waals surface area contributed by atoms with Crippen molar-refractivity contribution < 1.29 is 22.7 Å². The zero-order valence-electron chi connectivity index (χ0n) is 20.7. The summed E-state index contributed by atoms with van der Waals surface area (Å²) in [5, 5.41) is 4.24. The first-order valence-electron chi connectivity index (χ1n) is 11.7. The summed E-state index contributed by atoms with van der Waals surface area (Å²) in [6.07, 6.45) is 5.67. The average Bonchev–Trinajstić information content (AvgIpc) is 3.56. The van der Waals surface area contributed by atoms with Crippen LogP contribution in [0.4, 0.5) is 0 Å². The number of fused-ring (bicyclic) bond motifs is 1. The first-order chi connectivity index (χ1) is 18.3. The maximum atomic E-state index is 12.1. The number of benzene rings is 2. The van der Waals surface area contributed by atoms with Crippen molar-refractivity contribution >= 4 is 27.0 Å². The number of nitrogens with zero attached hydrogens (tertiary/aromatic N) is 6. The minimum atomic E-state index is -3.29. The Kier molecular flexibility index (Phi) is 6.88. The Morgan fingerprint density at radius 3 is 2.47 bits per heavy atom. The zero-order chi connectivity index (χ0) is 26.7. The molecule has 12 heteroatoms. The van der Waals surface area contributed by atoms with E-state index < -0.39 is 15.8 Å². The third-order valence-corrected chi connectivity index (χ3v) is 6.77. The summed E-state index contributed by atoms with van der Waals surface area (Å²) < 4.78 is 37.9. The topological polar surface area (TPSA) is 131 Å². The van der Waals surface area contributed by atoms with Gasteiger partial charge in [0.2, 0.25) is 5.88 Å². The average molecular weight is 533 g/mol. The van der Waals surface area contributed by atoms with Gasteiger partial charge in [0.15, 0.2) is 21.0 Å². The lowest BCUT2D eigenvalue weighted by Gasteiger charge is -2.10. The SMILES string of the molecule is CCOC(=O)c1cnn(-c2nc(OCc3ccccc3)c3ncn(Cc4ccc(S(C)(=O)=O)cc4)c3n2)c1. The molecule has 0 aliphatic carbocycles. The quantitative estimate of drug-likeness (QED) is 0.263. The van der Waals surface area contributed by atoms with Crippen LogP contribution in [-0.2, 0) is 27.7 Å². The molecule has 11 nitrogen and oxygen atoms in total. The number of carbonyl (C=O) groups is 1. The normalized spacial score (nSPS) is 11.5. The van der Waals surface area contributed by atoms with E-state index in [-0.39, 0.29) is 35.5 Å². The number of aromatic nitrogens is 6. The van der Waals surface area contributed by atoms with Crippen molar-refractivity contribution in [3.05, 3.63) is 90.0 Å². The molecule has 0 unspecified atom stereocenters. The van der Waals surface area contributed by atoms with Gasteiger partial charge in [-0.2, -0.15) is 15.1 Å². The van der Waals surface area contributed by atoms with E-state index in [0.717, 1.165) is 11.1 Å². The summed E-state index contributed by atoms with van der Waals surface area (Å²) in [6.45, 7) is 2.61. The summed E-state index contributed by atoms with van der Waals surface area (Å²) in [5.41, 5.74) is 3.01. The van der Waals surface area contributed by atoms with Gasteiger partial charge in [0, 0.05) is 12.5 Å². The fourth-order valence-corrected chi connectivity index (χ4v) is 4.37. The highest BCUT2D eigenvalue weighted by Crippen LogP contribution is 2.24. The van der Waals surface area contributed by atoms with Crippen LogP contribution >= 0.6 is 0 Å². The molecule has 0 amide bonds. The Labute approximate surface area is 218 Å². The van der Waals surface area contributed by atoms with E-state index in [4.69, 9.17) is 9.47 Å². The van der Waals surface area contributed by atoms with Gasteiger partial charge in [-0.25, -0.2) is 22.9 Å². The molecule has 0 bridgehead atoms. The van der Waals surface area contributed by atoms with Crippen molar-refractivity contribution in [3.63, 3.8) is 0 Å². The van der Waals surface area contributed by atoms with Crippen molar-refractivity contribution in [1.82, 2.24) is 29.3 Å². The van der Waals surface area contributed by atoms with Crippen molar-refractivity contribution in [2.45, 2.75) is 25.0 Å². The van der Waals surface area contributed by atoms with Crippen molar-refractivity contribution in [2.24, 2.45) is 0 Å². The smallest absolute Gasteiger partial charge is 0.341 e. The molecule has 0 atom stereocenters. The van der Waals surface area contributed by atoms with Crippen LogP contribution in [0, 0.1) is 0 Å². The number of ether oxygens (including phenoxy) is 2. The third kappa shape index (κ3) is 5.39. The summed E-state index contributed by atoms with van der Waals surface area (Å²) in [6, 6.07) is 16.3. The van der Waals surface area contributed by atoms with Crippen molar-refractivity contribution in [2.75, 3.05) is 12.9 Å². The van der Waals surface area contributed by atoms with Gasteiger partial charge in [-0.3, -0.25) is 0 Å². The molecular weight excluding hydrogens is 508 g/mol. The fourth-order valence-electron chi connectivity index (χ4n) is 3.74. The monoisotopic (exact) mass is 532 g/mol. The maximum Gasteiger partial charge on any atom is 0.341 e. The Bertz CT molecular complexity index is 1700. The number of hydrogen-bond donors (Lipinski definition) is 0. The molecule has 38 heavy (non-hydrogen) atoms. The number of esters is 1. The van der Waals surface area contributed by atoms with Crippen LogP contribution < -0.4 is 4.74 Å². The highest BCUT2D eigenvalue weighted by molar-refractivity contribution is 7.90. The van der Waals surface area contributed by atoms with Crippen LogP contribution in [0.15, 0.2) is 78.2 Å². The van der Waals surface area contributed by atoms with Gasteiger partial charge in [-0.05, 0) is 30.2 Å². The molecule has 5 aromatic rings. The zero-order valence-corrected chi connectivity index (χ0v) is 21.5. The second-order valence-electron chi connectivity index (χ2n) is 8.46. The molecule has 0 N–H and O–H groups in total. The standard InChI is InChI=1S/C26H24N6O5S/c1-3-36-25(33)20-13-28-32(15-20)26-29-23-22(24(30-26)37-16-19-7-5-4-6-8-19)27-17-31(23)14-18-9-11-21(12-10-18)38(2,34)35/h4-13,15,17H,3,14,16H2,1-2H3. The summed E-state index contributed by atoms with van der Waals surface area (Å²) >= 11 is 0. The van der Waals surface area contributed by atoms with E-state index >= 15 is 0 Å². The first kappa shape index (κ1) is 25.1. The van der Waals surface area contributed by atoms with E-state index in [9.17, 15) is 13.2 Å². The second kappa shape index (κ2) is 10.4. The minimum Gasteiger partial charge on any atom is -0.471 e. The molecule has 0 aliphatic rings. The molecule has 0 saturated heterocycles. The highest BCUT2D eigenvalue weighted by atomic mass is 32.2. The van der Waals surface area contributed by atoms with Gasteiger partial charge in [-0.15, -0.1) is 0 Å². The summed E-state index contributed by atoms with van der Waals surface area (Å²) in [4.78, 5) is 26.1. The number of hydrogen-bond acceptors (Lipinski definition) is 9. The van der Waals surface area contributed by atoms with Crippen LogP contribution in [0.1, 0.15) is 28.4 Å². The van der Waals surface area contributed by atoms with E-state index in [1.807, 2.05) is 30.3 Å². The molecule has 3 aromatic heterocycles. The first-order valence-corrected chi connectivity index (χ1v) is 13.6. The molecule has 5 rings (SSSR count). The van der Waals surface area contributed by atoms with E-state index in [0.29, 0.717) is 17.7 Å². The predicted molar refractivity (Wildman–Crippen MR) is 138 cm³/mol. The Morgan fingerprint density at radius 2 is 1.76 bits per heavy atom. The number of carbonyl (C=O) groups excluding carboxylic acids is 1. The number of sulfone groups is 1. The van der Waals surface area contributed by atoms with Crippen molar-refractivity contribution in [1.29, 1.82) is 0 Å².